The van der Waals surface area contributed by atoms with Crippen LogP contribution in [0.1, 0.15) is 389 Å². The lowest BCUT2D eigenvalue weighted by Gasteiger charge is -2.21. The Hall–Kier alpha value is -1.94. The van der Waals surface area contributed by atoms with E-state index in [4.69, 9.17) is 37.0 Å². The second kappa shape index (κ2) is 66.6. The summed E-state index contributed by atoms with van der Waals surface area (Å²) >= 11 is 0. The first-order valence-electron chi connectivity index (χ1n) is 39.4. The Kier molecular flexibility index (Phi) is 65.2. The van der Waals surface area contributed by atoms with Crippen LogP contribution < -0.4 is 0 Å². The average molecular weight is 1400 g/mol. The van der Waals surface area contributed by atoms with Crippen LogP contribution in [0, 0.1) is 17.8 Å². The zero-order valence-corrected chi connectivity index (χ0v) is 63.9. The van der Waals surface area contributed by atoms with Gasteiger partial charge in [0.2, 0.25) is 0 Å². The summed E-state index contributed by atoms with van der Waals surface area (Å²) in [6.45, 7) is 11.8. The molecule has 0 aliphatic heterocycles. The molecule has 0 fully saturated rings. The van der Waals surface area contributed by atoms with Crippen molar-refractivity contribution in [3.05, 3.63) is 0 Å². The molecule has 0 bridgehead atoms. The van der Waals surface area contributed by atoms with Gasteiger partial charge >= 0.3 is 39.5 Å². The molecule has 3 unspecified atom stereocenters. The summed E-state index contributed by atoms with van der Waals surface area (Å²) in [6, 6.07) is 0. The van der Waals surface area contributed by atoms with Gasteiger partial charge in [0.1, 0.15) is 19.3 Å². The van der Waals surface area contributed by atoms with E-state index in [-0.39, 0.29) is 25.7 Å². The number of hydrogen-bond acceptors (Lipinski definition) is 15. The Morgan fingerprint density at radius 1 is 0.305 bits per heavy atom. The summed E-state index contributed by atoms with van der Waals surface area (Å²) in [7, 11) is -9.91. The van der Waals surface area contributed by atoms with Crippen molar-refractivity contribution in [1.29, 1.82) is 0 Å². The van der Waals surface area contributed by atoms with Gasteiger partial charge in [0.15, 0.2) is 12.2 Å². The first-order chi connectivity index (χ1) is 45.8. The van der Waals surface area contributed by atoms with E-state index in [0.29, 0.717) is 31.6 Å². The van der Waals surface area contributed by atoms with Crippen molar-refractivity contribution in [2.75, 3.05) is 39.6 Å². The van der Waals surface area contributed by atoms with Gasteiger partial charge in [-0.25, -0.2) is 9.13 Å². The van der Waals surface area contributed by atoms with Crippen LogP contribution in [0.15, 0.2) is 0 Å². The van der Waals surface area contributed by atoms with Crippen LogP contribution in [0.25, 0.3) is 0 Å². The number of phosphoric ester groups is 2. The number of ether oxygens (including phenoxy) is 4. The SMILES string of the molecule is CCCCCCCCCCCCCCCCCCCC(=O)OC[C@H](COP(=O)(O)OC[C@@H](O)COP(=O)(O)OC[C@@H](COC(=O)CCCCCCCCC(C)CC)OC(=O)CCCCCCCCCC(C)C)OC(=O)CCCCCCCCCCCCCCCCCC(C)C. The van der Waals surface area contributed by atoms with Gasteiger partial charge in [0, 0.05) is 25.7 Å². The molecule has 3 N–H and O–H groups in total. The summed E-state index contributed by atoms with van der Waals surface area (Å²) in [5.74, 6) is 0.108. The molecule has 17 nitrogen and oxygen atoms in total. The number of carbonyl (C=O) groups excluding carboxylic acids is 4. The van der Waals surface area contributed by atoms with E-state index in [9.17, 15) is 43.2 Å². The molecule has 564 valence electrons. The number of carbonyl (C=O) groups is 4. The molecule has 0 aromatic carbocycles. The summed E-state index contributed by atoms with van der Waals surface area (Å²) in [5, 5.41) is 10.6. The highest BCUT2D eigenvalue weighted by Crippen LogP contribution is 2.45. The highest BCUT2D eigenvalue weighted by atomic mass is 31.2. The normalized spacial score (nSPS) is 14.4. The van der Waals surface area contributed by atoms with E-state index in [2.05, 4.69) is 48.5 Å². The van der Waals surface area contributed by atoms with Gasteiger partial charge in [-0.2, -0.15) is 0 Å². The maximum absolute atomic E-state index is 13.1. The monoisotopic (exact) mass is 1400 g/mol. The van der Waals surface area contributed by atoms with Crippen LogP contribution in [0.5, 0.6) is 0 Å². The molecule has 0 heterocycles. The van der Waals surface area contributed by atoms with E-state index >= 15 is 0 Å². The number of hydrogen-bond donors (Lipinski definition) is 3. The predicted molar refractivity (Wildman–Crippen MR) is 386 cm³/mol. The Bertz CT molecular complexity index is 1850. The number of aliphatic hydroxyl groups excluding tert-OH is 1. The maximum Gasteiger partial charge on any atom is 0.472 e. The van der Waals surface area contributed by atoms with Gasteiger partial charge in [-0.1, -0.05) is 337 Å². The van der Waals surface area contributed by atoms with Crippen LogP contribution in [0.2, 0.25) is 0 Å². The van der Waals surface area contributed by atoms with Crippen LogP contribution in [0.4, 0.5) is 0 Å². The predicted octanol–water partition coefficient (Wildman–Crippen LogP) is 22.2. The van der Waals surface area contributed by atoms with E-state index in [1.165, 1.54) is 193 Å². The minimum Gasteiger partial charge on any atom is -0.462 e. The zero-order valence-electron chi connectivity index (χ0n) is 62.1. The molecule has 0 amide bonds. The summed E-state index contributed by atoms with van der Waals surface area (Å²) in [5.41, 5.74) is 0. The van der Waals surface area contributed by atoms with E-state index in [1.54, 1.807) is 0 Å². The Morgan fingerprint density at radius 2 is 0.537 bits per heavy atom. The lowest BCUT2D eigenvalue weighted by Crippen LogP contribution is -2.30. The standard InChI is InChI=1S/C76H148O17P2/c1-8-10-11-12-13-14-15-16-17-18-21-24-27-30-35-43-50-57-73(78)86-63-71(92-75(80)59-52-45-36-31-28-25-22-19-20-23-26-29-33-40-47-54-67(3)4)65-90-94(82,83)88-61-70(77)62-89-95(84,85)91-66-72(93-76(81)60-53-46-37-32-34-41-48-55-68(5)6)64-87-74(79)58-51-44-39-38-42-49-56-69(7)9-2/h67-72,77H,8-66H2,1-7H3,(H,82,83)(H,84,85)/t69?,70-,71-,72-/m1/s1. The molecule has 0 radical (unpaired) electrons. The minimum atomic E-state index is -4.96. The lowest BCUT2D eigenvalue weighted by atomic mass is 10.00. The number of aliphatic hydroxyl groups is 1. The Labute approximate surface area is 581 Å². The van der Waals surface area contributed by atoms with Gasteiger partial charge in [-0.05, 0) is 43.4 Å². The lowest BCUT2D eigenvalue weighted by molar-refractivity contribution is -0.161. The van der Waals surface area contributed by atoms with Crippen molar-refractivity contribution in [2.45, 2.75) is 407 Å². The van der Waals surface area contributed by atoms with Gasteiger partial charge in [-0.3, -0.25) is 37.3 Å². The molecule has 95 heavy (non-hydrogen) atoms. The third kappa shape index (κ3) is 69.0. The number of unbranched alkanes of at least 4 members (excludes halogenated alkanes) is 41. The molecule has 6 atom stereocenters. The first-order valence-corrected chi connectivity index (χ1v) is 42.4. The molecule has 0 saturated carbocycles. The fourth-order valence-corrected chi connectivity index (χ4v) is 13.1. The van der Waals surface area contributed by atoms with Crippen molar-refractivity contribution < 1.29 is 80.2 Å². The van der Waals surface area contributed by atoms with Crippen molar-refractivity contribution in [1.82, 2.24) is 0 Å². The second-order valence-electron chi connectivity index (χ2n) is 28.6. The summed E-state index contributed by atoms with van der Waals surface area (Å²) in [4.78, 5) is 72.8. The van der Waals surface area contributed by atoms with Crippen LogP contribution in [-0.4, -0.2) is 96.7 Å². The van der Waals surface area contributed by atoms with Crippen LogP contribution in [-0.2, 0) is 65.4 Å². The molecule has 0 aliphatic carbocycles. The highest BCUT2D eigenvalue weighted by molar-refractivity contribution is 7.47. The zero-order chi connectivity index (χ0) is 70.1. The molecular weight excluding hydrogens is 1250 g/mol. The summed E-state index contributed by atoms with van der Waals surface area (Å²) < 4.78 is 68.5. The Morgan fingerprint density at radius 3 is 0.800 bits per heavy atom. The molecule has 0 aliphatic rings. The van der Waals surface area contributed by atoms with Crippen LogP contribution in [0.3, 0.4) is 0 Å². The first kappa shape index (κ1) is 93.1. The third-order valence-electron chi connectivity index (χ3n) is 18.0. The molecule has 0 aromatic heterocycles. The number of phosphoric acid groups is 2. The van der Waals surface area contributed by atoms with Gasteiger partial charge < -0.3 is 33.8 Å². The average Bonchev–Trinajstić information content (AvgIpc) is 1.49. The molecule has 0 rings (SSSR count). The van der Waals surface area contributed by atoms with E-state index in [1.807, 2.05) is 0 Å². The van der Waals surface area contributed by atoms with Crippen LogP contribution >= 0.6 is 15.6 Å². The largest absolute Gasteiger partial charge is 0.472 e. The van der Waals surface area contributed by atoms with Crippen molar-refractivity contribution in [2.24, 2.45) is 17.8 Å². The Balaban J connectivity index is 5.22. The quantitative estimate of drug-likeness (QED) is 0.0222. The maximum atomic E-state index is 13.1. The van der Waals surface area contributed by atoms with E-state index in [0.717, 1.165) is 108 Å². The molecule has 0 saturated heterocycles. The highest BCUT2D eigenvalue weighted by Gasteiger charge is 2.30. The van der Waals surface area contributed by atoms with Gasteiger partial charge in [0.25, 0.3) is 0 Å². The summed E-state index contributed by atoms with van der Waals surface area (Å²) in [6.07, 6.45) is 52.9. The second-order valence-corrected chi connectivity index (χ2v) is 31.5. The topological polar surface area (TPSA) is 237 Å². The van der Waals surface area contributed by atoms with Gasteiger partial charge in [-0.15, -0.1) is 0 Å². The number of esters is 4. The molecular formula is C76H148O17P2. The fourth-order valence-electron chi connectivity index (χ4n) is 11.6. The molecule has 19 heteroatoms. The molecule has 0 aromatic rings. The third-order valence-corrected chi connectivity index (χ3v) is 19.9. The number of rotatable bonds is 74. The molecule has 0 spiro atoms. The fraction of sp³-hybridized carbons (Fsp3) is 0.947. The van der Waals surface area contributed by atoms with Crippen molar-refractivity contribution in [3.63, 3.8) is 0 Å². The minimum absolute atomic E-state index is 0.103. The van der Waals surface area contributed by atoms with Crippen molar-refractivity contribution in [3.8, 4) is 0 Å². The van der Waals surface area contributed by atoms with Crippen molar-refractivity contribution >= 4 is 39.5 Å². The van der Waals surface area contributed by atoms with E-state index < -0.39 is 97.5 Å². The van der Waals surface area contributed by atoms with Gasteiger partial charge in [0.05, 0.1) is 26.4 Å². The smallest absolute Gasteiger partial charge is 0.462 e.